The molecule has 2 aromatic carbocycles. The highest BCUT2D eigenvalue weighted by Gasteiger charge is 2.08. The number of anilines is 2. The Hall–Kier alpha value is -3.65. The van der Waals surface area contributed by atoms with E-state index in [1.54, 1.807) is 30.5 Å². The lowest BCUT2D eigenvalue weighted by molar-refractivity contribution is -0.119. The van der Waals surface area contributed by atoms with Gasteiger partial charge in [0.2, 0.25) is 11.8 Å². The van der Waals surface area contributed by atoms with E-state index >= 15 is 0 Å². The third kappa shape index (κ3) is 6.18. The predicted octanol–water partition coefficient (Wildman–Crippen LogP) is 3.29. The number of nitrogens with one attached hydrogen (secondary N) is 3. The maximum Gasteiger partial charge on any atom is 0.319 e. The van der Waals surface area contributed by atoms with E-state index in [0.29, 0.717) is 30.2 Å². The van der Waals surface area contributed by atoms with E-state index < -0.39 is 0 Å². The normalized spacial score (nSPS) is 10.4. The van der Waals surface area contributed by atoms with Crippen molar-refractivity contribution < 1.29 is 18.7 Å². The lowest BCUT2D eigenvalue weighted by Gasteiger charge is -2.09. The van der Waals surface area contributed by atoms with Crippen LogP contribution in [-0.2, 0) is 16.0 Å². The summed E-state index contributed by atoms with van der Waals surface area (Å²) in [6.07, 6.45) is 2.13. The summed E-state index contributed by atoms with van der Waals surface area (Å²) in [5, 5.41) is 8.18. The Balaban J connectivity index is 1.46. The van der Waals surface area contributed by atoms with Crippen LogP contribution in [0.15, 0.2) is 65.3 Å². The molecular weight excluding hydrogens is 372 g/mol. The number of oxazole rings is 1. The van der Waals surface area contributed by atoms with Gasteiger partial charge in [0.15, 0.2) is 0 Å². The minimum absolute atomic E-state index is 0.0355. The highest BCUT2D eigenvalue weighted by atomic mass is 16.5. The Kier molecular flexibility index (Phi) is 6.96. The average molecular weight is 394 g/mol. The molecule has 0 aliphatic rings. The van der Waals surface area contributed by atoms with Gasteiger partial charge >= 0.3 is 6.03 Å². The first kappa shape index (κ1) is 20.1. The number of ether oxygens (including phenoxy) is 1. The molecule has 8 heteroatoms. The molecule has 3 N–H and O–H groups in total. The fourth-order valence-electron chi connectivity index (χ4n) is 2.62. The largest absolute Gasteiger partial charge is 0.444 e. The molecule has 0 saturated heterocycles. The Labute approximate surface area is 168 Å². The van der Waals surface area contributed by atoms with Gasteiger partial charge in [-0.25, -0.2) is 9.78 Å². The van der Waals surface area contributed by atoms with E-state index in [-0.39, 0.29) is 18.5 Å². The molecular formula is C21H22N4O4. The molecule has 0 unspecified atom stereocenters. The van der Waals surface area contributed by atoms with Crippen molar-refractivity contribution >= 4 is 23.3 Å². The minimum Gasteiger partial charge on any atom is -0.444 e. The standard InChI is InChI=1S/C21H22N4O4/c1-28-14-19(26)23-16-8-5-9-17(12-16)25-21(27)22-11-10-18-13-29-20(24-18)15-6-3-2-4-7-15/h2-9,12-13H,10-11,14H2,1H3,(H,23,26)(H2,22,25,27). The molecule has 3 rings (SSSR count). The van der Waals surface area contributed by atoms with Gasteiger partial charge in [-0.1, -0.05) is 24.3 Å². The van der Waals surface area contributed by atoms with Gasteiger partial charge in [-0.3, -0.25) is 4.79 Å². The zero-order valence-corrected chi connectivity index (χ0v) is 16.0. The Morgan fingerprint density at radius 1 is 1.03 bits per heavy atom. The maximum atomic E-state index is 12.1. The molecule has 1 heterocycles. The van der Waals surface area contributed by atoms with Crippen molar-refractivity contribution in [2.75, 3.05) is 30.9 Å². The second-order valence-electron chi connectivity index (χ2n) is 6.20. The Morgan fingerprint density at radius 3 is 2.55 bits per heavy atom. The lowest BCUT2D eigenvalue weighted by Crippen LogP contribution is -2.30. The van der Waals surface area contributed by atoms with E-state index in [0.717, 1.165) is 11.3 Å². The minimum atomic E-state index is -0.350. The van der Waals surface area contributed by atoms with Crippen LogP contribution in [0.4, 0.5) is 16.2 Å². The molecule has 29 heavy (non-hydrogen) atoms. The zero-order chi connectivity index (χ0) is 20.5. The molecule has 0 fully saturated rings. The van der Waals surface area contributed by atoms with Gasteiger partial charge in [-0.15, -0.1) is 0 Å². The molecule has 1 aromatic heterocycles. The van der Waals surface area contributed by atoms with Crippen molar-refractivity contribution in [3.8, 4) is 11.5 Å². The number of carbonyl (C=O) groups is 2. The van der Waals surface area contributed by atoms with Crippen molar-refractivity contribution in [2.24, 2.45) is 0 Å². The van der Waals surface area contributed by atoms with Crippen molar-refractivity contribution in [1.82, 2.24) is 10.3 Å². The fourth-order valence-corrected chi connectivity index (χ4v) is 2.62. The molecule has 3 aromatic rings. The molecule has 3 amide bonds. The van der Waals surface area contributed by atoms with Crippen molar-refractivity contribution in [3.63, 3.8) is 0 Å². The fraction of sp³-hybridized carbons (Fsp3) is 0.190. The molecule has 0 aliphatic heterocycles. The summed E-state index contributed by atoms with van der Waals surface area (Å²) in [5.41, 5.74) is 2.79. The summed E-state index contributed by atoms with van der Waals surface area (Å²) in [6.45, 7) is 0.364. The number of hydrogen-bond donors (Lipinski definition) is 3. The van der Waals surface area contributed by atoms with Crippen LogP contribution < -0.4 is 16.0 Å². The number of nitrogens with zero attached hydrogens (tertiary/aromatic N) is 1. The van der Waals surface area contributed by atoms with E-state index in [4.69, 9.17) is 9.15 Å². The van der Waals surface area contributed by atoms with E-state index in [1.807, 2.05) is 30.3 Å². The van der Waals surface area contributed by atoms with Crippen LogP contribution in [0.3, 0.4) is 0 Å². The van der Waals surface area contributed by atoms with Crippen LogP contribution in [-0.4, -0.2) is 37.2 Å². The molecule has 0 spiro atoms. The maximum absolute atomic E-state index is 12.1. The van der Waals surface area contributed by atoms with Crippen LogP contribution >= 0.6 is 0 Å². The number of carbonyl (C=O) groups excluding carboxylic acids is 2. The number of benzene rings is 2. The first-order valence-corrected chi connectivity index (χ1v) is 9.07. The van der Waals surface area contributed by atoms with E-state index in [2.05, 4.69) is 20.9 Å². The topological polar surface area (TPSA) is 105 Å². The number of urea groups is 1. The second-order valence-corrected chi connectivity index (χ2v) is 6.20. The quantitative estimate of drug-likeness (QED) is 0.544. The van der Waals surface area contributed by atoms with Crippen LogP contribution in [0, 0.1) is 0 Å². The van der Waals surface area contributed by atoms with Gasteiger partial charge in [0.05, 0.1) is 5.69 Å². The summed E-state index contributed by atoms with van der Waals surface area (Å²) in [4.78, 5) is 28.1. The number of aromatic nitrogens is 1. The number of amides is 3. The lowest BCUT2D eigenvalue weighted by atomic mass is 10.2. The summed E-state index contributed by atoms with van der Waals surface area (Å²) in [5.74, 6) is 0.286. The molecule has 0 radical (unpaired) electrons. The third-order valence-corrected chi connectivity index (χ3v) is 3.92. The third-order valence-electron chi connectivity index (χ3n) is 3.92. The molecule has 0 aliphatic carbocycles. The molecule has 150 valence electrons. The van der Waals surface area contributed by atoms with Gasteiger partial charge in [-0.2, -0.15) is 0 Å². The SMILES string of the molecule is COCC(=O)Nc1cccc(NC(=O)NCCc2coc(-c3ccccc3)n2)c1. The van der Waals surface area contributed by atoms with Gasteiger partial charge in [-0.05, 0) is 30.3 Å². The van der Waals surface area contributed by atoms with Crippen LogP contribution in [0.1, 0.15) is 5.69 Å². The number of methoxy groups -OCH3 is 1. The van der Waals surface area contributed by atoms with Crippen LogP contribution in [0.25, 0.3) is 11.5 Å². The number of rotatable bonds is 8. The van der Waals surface area contributed by atoms with Crippen molar-refractivity contribution in [2.45, 2.75) is 6.42 Å². The van der Waals surface area contributed by atoms with Gasteiger partial charge in [0, 0.05) is 37.0 Å². The summed E-state index contributed by atoms with van der Waals surface area (Å²) in [7, 11) is 1.45. The highest BCUT2D eigenvalue weighted by molar-refractivity contribution is 5.94. The van der Waals surface area contributed by atoms with Gasteiger partial charge in [0.1, 0.15) is 12.9 Å². The van der Waals surface area contributed by atoms with E-state index in [9.17, 15) is 9.59 Å². The van der Waals surface area contributed by atoms with E-state index in [1.165, 1.54) is 7.11 Å². The van der Waals surface area contributed by atoms with Crippen LogP contribution in [0.5, 0.6) is 0 Å². The first-order chi connectivity index (χ1) is 14.1. The summed E-state index contributed by atoms with van der Waals surface area (Å²) in [6, 6.07) is 16.1. The highest BCUT2D eigenvalue weighted by Crippen LogP contribution is 2.18. The van der Waals surface area contributed by atoms with Crippen LogP contribution in [0.2, 0.25) is 0 Å². The van der Waals surface area contributed by atoms with Gasteiger partial charge < -0.3 is 25.1 Å². The van der Waals surface area contributed by atoms with Gasteiger partial charge in [0.25, 0.3) is 0 Å². The smallest absolute Gasteiger partial charge is 0.319 e. The first-order valence-electron chi connectivity index (χ1n) is 9.07. The number of hydrogen-bond acceptors (Lipinski definition) is 5. The molecule has 0 saturated carbocycles. The Bertz CT molecular complexity index is 956. The van der Waals surface area contributed by atoms with Crippen molar-refractivity contribution in [3.05, 3.63) is 66.6 Å². The monoisotopic (exact) mass is 394 g/mol. The molecule has 8 nitrogen and oxygen atoms in total. The predicted molar refractivity (Wildman–Crippen MR) is 110 cm³/mol. The van der Waals surface area contributed by atoms with Crippen molar-refractivity contribution in [1.29, 1.82) is 0 Å². The Morgan fingerprint density at radius 2 is 1.79 bits per heavy atom. The summed E-state index contributed by atoms with van der Waals surface area (Å²) >= 11 is 0. The molecule has 0 bridgehead atoms. The molecule has 0 atom stereocenters. The summed E-state index contributed by atoms with van der Waals surface area (Å²) < 4.78 is 10.3. The second kappa shape index (κ2) is 10.0. The average Bonchev–Trinajstić information content (AvgIpc) is 3.18. The zero-order valence-electron chi connectivity index (χ0n) is 16.0.